The van der Waals surface area contributed by atoms with E-state index in [2.05, 4.69) is 0 Å². The van der Waals surface area contributed by atoms with Gasteiger partial charge in [-0.2, -0.15) is 4.31 Å². The van der Waals surface area contributed by atoms with Gasteiger partial charge >= 0.3 is 0 Å². The predicted molar refractivity (Wildman–Crippen MR) is 94.0 cm³/mol. The zero-order valence-electron chi connectivity index (χ0n) is 12.4. The molecule has 0 bridgehead atoms. The second-order valence-corrected chi connectivity index (χ2v) is 8.02. The van der Waals surface area contributed by atoms with E-state index in [-0.39, 0.29) is 12.4 Å². The second kappa shape index (κ2) is 8.64. The zero-order valence-corrected chi connectivity index (χ0v) is 14.9. The number of thiophene rings is 1. The molecule has 0 unspecified atom stereocenters. The molecule has 1 aromatic heterocycles. The summed E-state index contributed by atoms with van der Waals surface area (Å²) in [5, 5.41) is 0. The molecule has 122 valence electrons. The van der Waals surface area contributed by atoms with E-state index in [1.807, 2.05) is 43.3 Å². The zero-order chi connectivity index (χ0) is 15.3. The minimum absolute atomic E-state index is 0. The van der Waals surface area contributed by atoms with Crippen molar-refractivity contribution in [1.29, 1.82) is 0 Å². The Morgan fingerprint density at radius 1 is 1.14 bits per heavy atom. The number of benzene rings is 1. The number of halogens is 1. The lowest BCUT2D eigenvalue weighted by molar-refractivity contribution is 0.415. The van der Waals surface area contributed by atoms with Crippen LogP contribution >= 0.6 is 23.7 Å². The quantitative estimate of drug-likeness (QED) is 0.825. The Bertz CT molecular complexity index is 672. The first-order chi connectivity index (χ1) is 10.1. The summed E-state index contributed by atoms with van der Waals surface area (Å²) in [5.41, 5.74) is 6.55. The lowest BCUT2D eigenvalue weighted by Crippen LogP contribution is -2.34. The lowest BCUT2D eigenvalue weighted by atomic mass is 10.2. The van der Waals surface area contributed by atoms with E-state index in [1.165, 1.54) is 15.6 Å². The van der Waals surface area contributed by atoms with Gasteiger partial charge in [-0.15, -0.1) is 23.7 Å². The van der Waals surface area contributed by atoms with Gasteiger partial charge in [0, 0.05) is 24.5 Å². The minimum Gasteiger partial charge on any atom is -0.329 e. The summed E-state index contributed by atoms with van der Waals surface area (Å²) in [7, 11) is -3.48. The van der Waals surface area contributed by atoms with Crippen LogP contribution in [-0.2, 0) is 23.0 Å². The molecule has 1 heterocycles. The highest BCUT2D eigenvalue weighted by molar-refractivity contribution is 7.91. The van der Waals surface area contributed by atoms with E-state index in [0.717, 1.165) is 16.9 Å². The number of aryl methyl sites for hydroxylation is 1. The highest BCUT2D eigenvalue weighted by Crippen LogP contribution is 2.26. The third-order valence-corrected chi connectivity index (χ3v) is 6.70. The number of hydrogen-bond donors (Lipinski definition) is 1. The Balaban J connectivity index is 0.00000242. The fourth-order valence-electron chi connectivity index (χ4n) is 2.03. The summed E-state index contributed by atoms with van der Waals surface area (Å²) >= 11 is 1.33. The van der Waals surface area contributed by atoms with Crippen LogP contribution in [0, 0.1) is 0 Å². The fraction of sp³-hybridized carbons (Fsp3) is 0.333. The average molecular weight is 361 g/mol. The SMILES string of the molecule is CCc1ccc(S(=O)(=O)N(CCN)Cc2ccccc2)s1.Cl. The number of hydrogen-bond acceptors (Lipinski definition) is 4. The summed E-state index contributed by atoms with van der Waals surface area (Å²) in [6, 6.07) is 13.1. The Morgan fingerprint density at radius 2 is 1.82 bits per heavy atom. The lowest BCUT2D eigenvalue weighted by Gasteiger charge is -2.20. The van der Waals surface area contributed by atoms with Gasteiger partial charge in [0.15, 0.2) is 0 Å². The van der Waals surface area contributed by atoms with Crippen molar-refractivity contribution in [2.45, 2.75) is 24.1 Å². The molecular weight excluding hydrogens is 340 g/mol. The van der Waals surface area contributed by atoms with Crippen LogP contribution in [0.5, 0.6) is 0 Å². The smallest absolute Gasteiger partial charge is 0.252 e. The first-order valence-corrected chi connectivity index (χ1v) is 9.16. The molecule has 0 fully saturated rings. The van der Waals surface area contributed by atoms with Gasteiger partial charge in [-0.25, -0.2) is 8.42 Å². The summed E-state index contributed by atoms with van der Waals surface area (Å²) < 4.78 is 27.3. The van der Waals surface area contributed by atoms with E-state index in [1.54, 1.807) is 6.07 Å². The number of nitrogens with two attached hydrogens (primary N) is 1. The molecular formula is C15H21ClN2O2S2. The van der Waals surface area contributed by atoms with Crippen molar-refractivity contribution in [3.05, 3.63) is 52.9 Å². The molecule has 2 rings (SSSR count). The minimum atomic E-state index is -3.48. The van der Waals surface area contributed by atoms with Crippen molar-refractivity contribution in [3.8, 4) is 0 Å². The number of rotatable bonds is 7. The maximum Gasteiger partial charge on any atom is 0.252 e. The summed E-state index contributed by atoms with van der Waals surface area (Å²) in [4.78, 5) is 1.07. The van der Waals surface area contributed by atoms with Gasteiger partial charge < -0.3 is 5.73 Å². The van der Waals surface area contributed by atoms with Crippen molar-refractivity contribution in [2.75, 3.05) is 13.1 Å². The van der Waals surface area contributed by atoms with E-state index >= 15 is 0 Å². The highest BCUT2D eigenvalue weighted by atomic mass is 35.5. The van der Waals surface area contributed by atoms with E-state index in [9.17, 15) is 8.42 Å². The fourth-order valence-corrected chi connectivity index (χ4v) is 4.92. The van der Waals surface area contributed by atoms with Crippen LogP contribution in [0.2, 0.25) is 0 Å². The molecule has 22 heavy (non-hydrogen) atoms. The van der Waals surface area contributed by atoms with Gasteiger partial charge in [0.05, 0.1) is 0 Å². The summed E-state index contributed by atoms with van der Waals surface area (Å²) in [5.74, 6) is 0. The van der Waals surface area contributed by atoms with Gasteiger partial charge in [-0.05, 0) is 24.1 Å². The van der Waals surface area contributed by atoms with Gasteiger partial charge in [0.1, 0.15) is 4.21 Å². The Kier molecular flexibility index (Phi) is 7.52. The number of sulfonamides is 1. The Morgan fingerprint density at radius 3 is 2.36 bits per heavy atom. The van der Waals surface area contributed by atoms with Crippen LogP contribution in [0.15, 0.2) is 46.7 Å². The molecule has 2 N–H and O–H groups in total. The van der Waals surface area contributed by atoms with Crippen LogP contribution in [0.4, 0.5) is 0 Å². The van der Waals surface area contributed by atoms with Crippen molar-refractivity contribution in [2.24, 2.45) is 5.73 Å². The van der Waals surface area contributed by atoms with Crippen LogP contribution in [0.1, 0.15) is 17.4 Å². The van der Waals surface area contributed by atoms with E-state index < -0.39 is 10.0 Å². The maximum absolute atomic E-state index is 12.7. The summed E-state index contributed by atoms with van der Waals surface area (Å²) in [6.45, 7) is 2.98. The van der Waals surface area contributed by atoms with Crippen molar-refractivity contribution in [1.82, 2.24) is 4.31 Å². The van der Waals surface area contributed by atoms with Crippen LogP contribution < -0.4 is 5.73 Å². The Labute approximate surface area is 142 Å². The third kappa shape index (κ3) is 4.54. The molecule has 7 heteroatoms. The molecule has 0 atom stereocenters. The largest absolute Gasteiger partial charge is 0.329 e. The normalized spacial score (nSPS) is 11.4. The highest BCUT2D eigenvalue weighted by Gasteiger charge is 2.25. The van der Waals surface area contributed by atoms with Gasteiger partial charge in [0.25, 0.3) is 10.0 Å². The van der Waals surface area contributed by atoms with Crippen LogP contribution in [0.3, 0.4) is 0 Å². The molecule has 0 saturated carbocycles. The third-order valence-electron chi connectivity index (χ3n) is 3.16. The van der Waals surface area contributed by atoms with Crippen molar-refractivity contribution >= 4 is 33.8 Å². The molecule has 0 amide bonds. The molecule has 0 radical (unpaired) electrons. The van der Waals surface area contributed by atoms with E-state index in [0.29, 0.717) is 23.8 Å². The molecule has 1 aromatic carbocycles. The first kappa shape index (κ1) is 19.1. The van der Waals surface area contributed by atoms with Gasteiger partial charge in [-0.1, -0.05) is 37.3 Å². The molecule has 0 spiro atoms. The topological polar surface area (TPSA) is 63.4 Å². The molecule has 0 aliphatic heterocycles. The number of nitrogens with zero attached hydrogens (tertiary/aromatic N) is 1. The second-order valence-electron chi connectivity index (χ2n) is 4.69. The van der Waals surface area contributed by atoms with Crippen molar-refractivity contribution in [3.63, 3.8) is 0 Å². The van der Waals surface area contributed by atoms with Crippen LogP contribution in [0.25, 0.3) is 0 Å². The molecule has 2 aromatic rings. The summed E-state index contributed by atoms with van der Waals surface area (Å²) in [6.07, 6.45) is 0.843. The van der Waals surface area contributed by atoms with Crippen LogP contribution in [-0.4, -0.2) is 25.8 Å². The molecule has 0 aliphatic carbocycles. The van der Waals surface area contributed by atoms with Crippen molar-refractivity contribution < 1.29 is 8.42 Å². The predicted octanol–water partition coefficient (Wildman–Crippen LogP) is 2.88. The maximum atomic E-state index is 12.7. The van der Waals surface area contributed by atoms with Gasteiger partial charge in [0.2, 0.25) is 0 Å². The Hall–Kier alpha value is -0.920. The van der Waals surface area contributed by atoms with Gasteiger partial charge in [-0.3, -0.25) is 0 Å². The average Bonchev–Trinajstić information content (AvgIpc) is 2.97. The van der Waals surface area contributed by atoms with E-state index in [4.69, 9.17) is 5.73 Å². The standard InChI is InChI=1S/C15H20N2O2S2.ClH/c1-2-14-8-9-15(20-14)21(18,19)17(11-10-16)12-13-6-4-3-5-7-13;/h3-9H,2,10-12,16H2,1H3;1H. The molecule has 0 aliphatic rings. The molecule has 0 saturated heterocycles. The molecule has 4 nitrogen and oxygen atoms in total. The first-order valence-electron chi connectivity index (χ1n) is 6.90. The monoisotopic (exact) mass is 360 g/mol.